The Morgan fingerprint density at radius 3 is 3.07 bits per heavy atom. The normalized spacial score (nSPS) is 11.1. The summed E-state index contributed by atoms with van der Waals surface area (Å²) in [4.78, 5) is 3.17. The van der Waals surface area contributed by atoms with Crippen molar-refractivity contribution >= 4 is 22.5 Å². The van der Waals surface area contributed by atoms with Gasteiger partial charge in [0.05, 0.1) is 6.61 Å². The smallest absolute Gasteiger partial charge is 0.0556 e. The van der Waals surface area contributed by atoms with Gasteiger partial charge in [0.25, 0.3) is 0 Å². The first-order valence-electron chi connectivity index (χ1n) is 4.88. The Morgan fingerprint density at radius 2 is 2.27 bits per heavy atom. The summed E-state index contributed by atoms with van der Waals surface area (Å²) >= 11 is 5.89. The van der Waals surface area contributed by atoms with Crippen molar-refractivity contribution in [2.75, 3.05) is 13.2 Å². The lowest BCUT2D eigenvalue weighted by Gasteiger charge is -2.00. The highest BCUT2D eigenvalue weighted by molar-refractivity contribution is 6.31. The molecule has 0 aliphatic rings. The Bertz CT molecular complexity index is 453. The molecule has 80 valence electrons. The fraction of sp³-hybridized carbons (Fsp3) is 0.273. The molecule has 0 atom stereocenters. The van der Waals surface area contributed by atoms with E-state index in [2.05, 4.69) is 10.3 Å². The number of hydrogen-bond donors (Lipinski definition) is 3. The van der Waals surface area contributed by atoms with Crippen LogP contribution in [0.1, 0.15) is 5.56 Å². The molecular weight excluding hydrogens is 212 g/mol. The zero-order valence-electron chi connectivity index (χ0n) is 8.26. The van der Waals surface area contributed by atoms with Gasteiger partial charge in [-0.15, -0.1) is 0 Å². The van der Waals surface area contributed by atoms with Crippen molar-refractivity contribution in [3.8, 4) is 0 Å². The Hall–Kier alpha value is -1.03. The quantitative estimate of drug-likeness (QED) is 0.695. The van der Waals surface area contributed by atoms with E-state index in [1.165, 1.54) is 10.9 Å². The third kappa shape index (κ3) is 2.31. The zero-order valence-corrected chi connectivity index (χ0v) is 9.01. The lowest BCUT2D eigenvalue weighted by Crippen LogP contribution is -2.17. The maximum Gasteiger partial charge on any atom is 0.0556 e. The SMILES string of the molecule is OCCNCc1c[nH]c2cc(Cl)ccc12. The van der Waals surface area contributed by atoms with E-state index in [1.54, 1.807) is 0 Å². The van der Waals surface area contributed by atoms with Crippen molar-refractivity contribution in [3.63, 3.8) is 0 Å². The molecule has 0 bridgehead atoms. The van der Waals surface area contributed by atoms with Crippen molar-refractivity contribution in [2.24, 2.45) is 0 Å². The second kappa shape index (κ2) is 4.66. The molecule has 15 heavy (non-hydrogen) atoms. The summed E-state index contributed by atoms with van der Waals surface area (Å²) in [5.41, 5.74) is 2.23. The van der Waals surface area contributed by atoms with Crippen molar-refractivity contribution in [2.45, 2.75) is 6.54 Å². The molecule has 2 rings (SSSR count). The predicted molar refractivity (Wildman–Crippen MR) is 62.1 cm³/mol. The van der Waals surface area contributed by atoms with Gasteiger partial charge in [-0.1, -0.05) is 17.7 Å². The molecular formula is C11H13ClN2O. The van der Waals surface area contributed by atoms with Crippen LogP contribution in [-0.4, -0.2) is 23.2 Å². The van der Waals surface area contributed by atoms with Crippen molar-refractivity contribution < 1.29 is 5.11 Å². The molecule has 1 aromatic heterocycles. The molecule has 0 aliphatic carbocycles. The Kier molecular flexibility index (Phi) is 3.26. The zero-order chi connectivity index (χ0) is 10.7. The molecule has 2 aromatic rings. The minimum atomic E-state index is 0.161. The monoisotopic (exact) mass is 224 g/mol. The number of rotatable bonds is 4. The van der Waals surface area contributed by atoms with E-state index >= 15 is 0 Å². The van der Waals surface area contributed by atoms with Crippen LogP contribution in [0.15, 0.2) is 24.4 Å². The minimum Gasteiger partial charge on any atom is -0.395 e. The number of aromatic amines is 1. The average molecular weight is 225 g/mol. The van der Waals surface area contributed by atoms with Crippen LogP contribution in [-0.2, 0) is 6.54 Å². The van der Waals surface area contributed by atoms with Crippen LogP contribution in [0.4, 0.5) is 0 Å². The number of nitrogens with one attached hydrogen (secondary N) is 2. The summed E-state index contributed by atoms with van der Waals surface area (Å²) in [7, 11) is 0. The van der Waals surface area contributed by atoms with Crippen LogP contribution in [0.2, 0.25) is 5.02 Å². The summed E-state index contributed by atoms with van der Waals surface area (Å²) in [6.07, 6.45) is 1.96. The lowest BCUT2D eigenvalue weighted by atomic mass is 10.2. The molecule has 3 N–H and O–H groups in total. The molecule has 0 aliphatic heterocycles. The molecule has 4 heteroatoms. The molecule has 0 unspecified atom stereocenters. The van der Waals surface area contributed by atoms with Gasteiger partial charge in [0, 0.05) is 35.2 Å². The van der Waals surface area contributed by atoms with Crippen LogP contribution in [0, 0.1) is 0 Å². The van der Waals surface area contributed by atoms with Gasteiger partial charge in [-0.25, -0.2) is 0 Å². The second-order valence-electron chi connectivity index (χ2n) is 3.40. The van der Waals surface area contributed by atoms with Crippen LogP contribution >= 0.6 is 11.6 Å². The van der Waals surface area contributed by atoms with Crippen LogP contribution in [0.3, 0.4) is 0 Å². The molecule has 3 nitrogen and oxygen atoms in total. The van der Waals surface area contributed by atoms with Crippen LogP contribution < -0.4 is 5.32 Å². The van der Waals surface area contributed by atoms with Gasteiger partial charge in [0.2, 0.25) is 0 Å². The van der Waals surface area contributed by atoms with E-state index in [-0.39, 0.29) is 6.61 Å². The molecule has 0 spiro atoms. The first kappa shape index (κ1) is 10.5. The summed E-state index contributed by atoms with van der Waals surface area (Å²) in [5, 5.41) is 13.7. The van der Waals surface area contributed by atoms with Crippen LogP contribution in [0.25, 0.3) is 10.9 Å². The largest absolute Gasteiger partial charge is 0.395 e. The highest BCUT2D eigenvalue weighted by Gasteiger charge is 2.02. The molecule has 0 saturated heterocycles. The van der Waals surface area contributed by atoms with Crippen molar-refractivity contribution in [1.82, 2.24) is 10.3 Å². The minimum absolute atomic E-state index is 0.161. The van der Waals surface area contributed by atoms with E-state index in [0.29, 0.717) is 6.54 Å². The summed E-state index contributed by atoms with van der Waals surface area (Å²) in [6, 6.07) is 5.80. The molecule has 1 heterocycles. The Morgan fingerprint density at radius 1 is 1.40 bits per heavy atom. The van der Waals surface area contributed by atoms with E-state index < -0.39 is 0 Å². The van der Waals surface area contributed by atoms with Gasteiger partial charge in [-0.05, 0) is 17.7 Å². The number of aliphatic hydroxyl groups is 1. The number of aliphatic hydroxyl groups excluding tert-OH is 1. The van der Waals surface area contributed by atoms with E-state index in [0.717, 1.165) is 17.1 Å². The van der Waals surface area contributed by atoms with Gasteiger partial charge in [0.1, 0.15) is 0 Å². The standard InChI is InChI=1S/C11H13ClN2O/c12-9-1-2-10-8(6-13-3-4-15)7-14-11(10)5-9/h1-2,5,7,13-15H,3-4,6H2. The number of H-pyrrole nitrogens is 1. The highest BCUT2D eigenvalue weighted by Crippen LogP contribution is 2.21. The fourth-order valence-corrected chi connectivity index (χ4v) is 1.78. The van der Waals surface area contributed by atoms with Crippen LogP contribution in [0.5, 0.6) is 0 Å². The average Bonchev–Trinajstić information content (AvgIpc) is 2.61. The van der Waals surface area contributed by atoms with Crippen molar-refractivity contribution in [3.05, 3.63) is 35.0 Å². The first-order valence-corrected chi connectivity index (χ1v) is 5.26. The van der Waals surface area contributed by atoms with Crippen molar-refractivity contribution in [1.29, 1.82) is 0 Å². The third-order valence-electron chi connectivity index (χ3n) is 2.33. The maximum atomic E-state index is 8.66. The maximum absolute atomic E-state index is 8.66. The Labute approximate surface area is 93.1 Å². The number of benzene rings is 1. The summed E-state index contributed by atoms with van der Waals surface area (Å²) in [5.74, 6) is 0. The van der Waals surface area contributed by atoms with Gasteiger partial charge in [-0.3, -0.25) is 0 Å². The number of fused-ring (bicyclic) bond motifs is 1. The van der Waals surface area contributed by atoms with E-state index in [1.807, 2.05) is 24.4 Å². The van der Waals surface area contributed by atoms with Gasteiger partial charge >= 0.3 is 0 Å². The predicted octanol–water partition coefficient (Wildman–Crippen LogP) is 1.90. The van der Waals surface area contributed by atoms with Gasteiger partial charge in [0.15, 0.2) is 0 Å². The first-order chi connectivity index (χ1) is 7.31. The highest BCUT2D eigenvalue weighted by atomic mass is 35.5. The molecule has 0 fully saturated rings. The Balaban J connectivity index is 2.21. The second-order valence-corrected chi connectivity index (χ2v) is 3.84. The molecule has 1 aromatic carbocycles. The molecule has 0 amide bonds. The van der Waals surface area contributed by atoms with Gasteiger partial charge in [-0.2, -0.15) is 0 Å². The third-order valence-corrected chi connectivity index (χ3v) is 2.57. The number of hydrogen-bond acceptors (Lipinski definition) is 2. The van der Waals surface area contributed by atoms with Gasteiger partial charge < -0.3 is 15.4 Å². The molecule has 0 radical (unpaired) electrons. The summed E-state index contributed by atoms with van der Waals surface area (Å²) < 4.78 is 0. The summed E-state index contributed by atoms with van der Waals surface area (Å²) in [6.45, 7) is 1.52. The molecule has 0 saturated carbocycles. The van der Waals surface area contributed by atoms with E-state index in [4.69, 9.17) is 16.7 Å². The lowest BCUT2D eigenvalue weighted by molar-refractivity contribution is 0.292. The topological polar surface area (TPSA) is 48.0 Å². The number of halogens is 1. The number of aromatic nitrogens is 1. The fourth-order valence-electron chi connectivity index (χ4n) is 1.61. The van der Waals surface area contributed by atoms with E-state index in [9.17, 15) is 0 Å².